The Kier molecular flexibility index (Phi) is 4.15. The highest BCUT2D eigenvalue weighted by Crippen LogP contribution is 1.95. The molecule has 0 fully saturated rings. The van der Waals surface area contributed by atoms with Crippen LogP contribution in [-0.4, -0.2) is 47.6 Å². The maximum absolute atomic E-state index is 10.9. The molecule has 0 amide bonds. The van der Waals surface area contributed by atoms with Crippen molar-refractivity contribution in [1.82, 2.24) is 0 Å². The van der Waals surface area contributed by atoms with E-state index in [2.05, 4.69) is 4.74 Å². The highest BCUT2D eigenvalue weighted by atomic mass is 32.3. The molecule has 0 aliphatic carbocycles. The van der Waals surface area contributed by atoms with E-state index in [4.69, 9.17) is 0 Å². The SMILES string of the molecule is COCCS(=O)(=O)CS(C)(=O)=O. The fourth-order valence-corrected chi connectivity index (χ4v) is 4.10. The van der Waals surface area contributed by atoms with Gasteiger partial charge < -0.3 is 4.74 Å². The molecule has 0 rings (SSSR count). The lowest BCUT2D eigenvalue weighted by Gasteiger charge is -2.00. The summed E-state index contributed by atoms with van der Waals surface area (Å²) < 4.78 is 47.6. The molecule has 74 valence electrons. The van der Waals surface area contributed by atoms with Crippen molar-refractivity contribution < 1.29 is 21.6 Å². The summed E-state index contributed by atoms with van der Waals surface area (Å²) in [5.74, 6) is -0.253. The molecule has 0 heterocycles. The Bertz CT molecular complexity index is 312. The predicted molar refractivity (Wildman–Crippen MR) is 45.4 cm³/mol. The van der Waals surface area contributed by atoms with E-state index in [0.717, 1.165) is 6.26 Å². The maximum atomic E-state index is 10.9. The second-order valence-corrected chi connectivity index (χ2v) is 7.17. The topological polar surface area (TPSA) is 77.5 Å². The van der Waals surface area contributed by atoms with Gasteiger partial charge in [0, 0.05) is 13.4 Å². The highest BCUT2D eigenvalue weighted by Gasteiger charge is 2.17. The Morgan fingerprint density at radius 2 is 1.67 bits per heavy atom. The second-order valence-electron chi connectivity index (χ2n) is 2.48. The number of hydrogen-bond donors (Lipinski definition) is 0. The summed E-state index contributed by atoms with van der Waals surface area (Å²) in [6.45, 7) is 0.0256. The van der Waals surface area contributed by atoms with Gasteiger partial charge in [-0.25, -0.2) is 16.8 Å². The fourth-order valence-electron chi connectivity index (χ4n) is 0.595. The van der Waals surface area contributed by atoms with Gasteiger partial charge in [0.25, 0.3) is 0 Å². The number of ether oxygens (including phenoxy) is 1. The Balaban J connectivity index is 4.26. The third-order valence-electron chi connectivity index (χ3n) is 0.992. The molecule has 0 atom stereocenters. The molecule has 5 nitrogen and oxygen atoms in total. The van der Waals surface area contributed by atoms with Crippen LogP contribution in [0.25, 0.3) is 0 Å². The van der Waals surface area contributed by atoms with Crippen LogP contribution < -0.4 is 0 Å². The third-order valence-corrected chi connectivity index (χ3v) is 4.93. The molecule has 0 bridgehead atoms. The van der Waals surface area contributed by atoms with Gasteiger partial charge in [0.05, 0.1) is 12.4 Å². The molecule has 0 saturated heterocycles. The summed E-state index contributed by atoms with van der Waals surface area (Å²) in [5, 5.41) is -0.802. The highest BCUT2D eigenvalue weighted by molar-refractivity contribution is 8.07. The van der Waals surface area contributed by atoms with Crippen LogP contribution in [0, 0.1) is 0 Å². The van der Waals surface area contributed by atoms with Gasteiger partial charge in [-0.2, -0.15) is 0 Å². The van der Waals surface area contributed by atoms with Crippen LogP contribution in [-0.2, 0) is 24.4 Å². The molecule has 0 N–H and O–H groups in total. The van der Waals surface area contributed by atoms with Gasteiger partial charge >= 0.3 is 0 Å². The molecule has 0 radical (unpaired) electrons. The van der Waals surface area contributed by atoms with Crippen molar-refractivity contribution in [2.45, 2.75) is 0 Å². The first-order valence-corrected chi connectivity index (χ1v) is 7.02. The zero-order valence-corrected chi connectivity index (χ0v) is 8.61. The van der Waals surface area contributed by atoms with E-state index in [9.17, 15) is 16.8 Å². The van der Waals surface area contributed by atoms with E-state index < -0.39 is 24.8 Å². The number of sulfone groups is 2. The number of rotatable bonds is 5. The lowest BCUT2D eigenvalue weighted by Crippen LogP contribution is -2.20. The lowest BCUT2D eigenvalue weighted by molar-refractivity contribution is 0.217. The second kappa shape index (κ2) is 4.20. The first kappa shape index (κ1) is 11.9. The summed E-state index contributed by atoms with van der Waals surface area (Å²) in [6, 6.07) is 0. The normalized spacial score (nSPS) is 13.2. The van der Waals surface area contributed by atoms with Gasteiger partial charge in [-0.1, -0.05) is 0 Å². The third kappa shape index (κ3) is 6.56. The van der Waals surface area contributed by atoms with Crippen LogP contribution in [0.5, 0.6) is 0 Å². The van der Waals surface area contributed by atoms with Gasteiger partial charge in [-0.05, 0) is 0 Å². The Hall–Kier alpha value is -0.140. The van der Waals surface area contributed by atoms with Crippen molar-refractivity contribution in [2.24, 2.45) is 0 Å². The predicted octanol–water partition coefficient (Wildman–Crippen LogP) is -0.950. The van der Waals surface area contributed by atoms with Gasteiger partial charge in [0.15, 0.2) is 24.8 Å². The first-order chi connectivity index (χ1) is 5.27. The lowest BCUT2D eigenvalue weighted by atomic mass is 10.9. The van der Waals surface area contributed by atoms with Crippen molar-refractivity contribution in [3.05, 3.63) is 0 Å². The van der Waals surface area contributed by atoms with Crippen molar-refractivity contribution in [1.29, 1.82) is 0 Å². The molecule has 12 heavy (non-hydrogen) atoms. The van der Waals surface area contributed by atoms with Gasteiger partial charge in [-0.3, -0.25) is 0 Å². The van der Waals surface area contributed by atoms with Crippen molar-refractivity contribution in [2.75, 3.05) is 30.8 Å². The molecule has 0 aromatic carbocycles. The van der Waals surface area contributed by atoms with Gasteiger partial charge in [0.1, 0.15) is 0 Å². The van der Waals surface area contributed by atoms with Gasteiger partial charge in [-0.15, -0.1) is 0 Å². The Morgan fingerprint density at radius 1 is 1.17 bits per heavy atom. The van der Waals surface area contributed by atoms with Crippen LogP contribution in [0.2, 0.25) is 0 Å². The smallest absolute Gasteiger partial charge is 0.166 e. The summed E-state index contributed by atoms with van der Waals surface area (Å²) in [5.41, 5.74) is 0. The van der Waals surface area contributed by atoms with E-state index in [1.54, 1.807) is 0 Å². The summed E-state index contributed by atoms with van der Waals surface area (Å²) in [6.07, 6.45) is 0.886. The van der Waals surface area contributed by atoms with Crippen LogP contribution in [0.3, 0.4) is 0 Å². The minimum Gasteiger partial charge on any atom is -0.384 e. The average molecular weight is 216 g/mol. The quantitative estimate of drug-likeness (QED) is 0.592. The van der Waals surface area contributed by atoms with E-state index in [1.807, 2.05) is 0 Å². The van der Waals surface area contributed by atoms with Crippen LogP contribution >= 0.6 is 0 Å². The summed E-state index contributed by atoms with van der Waals surface area (Å²) in [7, 11) is -5.61. The first-order valence-electron chi connectivity index (χ1n) is 3.14. The largest absolute Gasteiger partial charge is 0.384 e. The summed E-state index contributed by atoms with van der Waals surface area (Å²) >= 11 is 0. The van der Waals surface area contributed by atoms with Crippen molar-refractivity contribution in [3.63, 3.8) is 0 Å². The number of methoxy groups -OCH3 is 1. The van der Waals surface area contributed by atoms with E-state index in [-0.39, 0.29) is 12.4 Å². The van der Waals surface area contributed by atoms with E-state index in [1.165, 1.54) is 7.11 Å². The molecule has 0 aromatic rings. The standard InChI is InChI=1S/C5H12O5S2/c1-10-3-4-12(8,9)5-11(2,6)7/h3-5H2,1-2H3. The van der Waals surface area contributed by atoms with Crippen molar-refractivity contribution >= 4 is 19.7 Å². The van der Waals surface area contributed by atoms with E-state index in [0.29, 0.717) is 0 Å². The van der Waals surface area contributed by atoms with Crippen molar-refractivity contribution in [3.8, 4) is 0 Å². The molecule has 0 unspecified atom stereocenters. The Morgan fingerprint density at radius 3 is 2.00 bits per heavy atom. The monoisotopic (exact) mass is 216 g/mol. The molecule has 0 saturated carbocycles. The molecular formula is C5H12O5S2. The molecule has 0 aromatic heterocycles. The van der Waals surface area contributed by atoms with Crippen LogP contribution in [0.15, 0.2) is 0 Å². The summed E-state index contributed by atoms with van der Waals surface area (Å²) in [4.78, 5) is 0. The molecule has 0 spiro atoms. The minimum atomic E-state index is -3.51. The van der Waals surface area contributed by atoms with Gasteiger partial charge in [0.2, 0.25) is 0 Å². The van der Waals surface area contributed by atoms with Crippen LogP contribution in [0.1, 0.15) is 0 Å². The average Bonchev–Trinajstić information content (AvgIpc) is 1.78. The molecular weight excluding hydrogens is 204 g/mol. The zero-order chi connectivity index (χ0) is 9.83. The number of hydrogen-bond acceptors (Lipinski definition) is 5. The Labute approximate surface area is 72.6 Å². The molecule has 0 aliphatic rings. The zero-order valence-electron chi connectivity index (χ0n) is 6.98. The molecule has 7 heteroatoms. The fraction of sp³-hybridized carbons (Fsp3) is 1.00. The maximum Gasteiger partial charge on any atom is 0.166 e. The van der Waals surface area contributed by atoms with E-state index >= 15 is 0 Å². The minimum absolute atomic E-state index is 0.0256. The van der Waals surface area contributed by atoms with Crippen LogP contribution in [0.4, 0.5) is 0 Å². The molecule has 0 aliphatic heterocycles.